The summed E-state index contributed by atoms with van der Waals surface area (Å²) in [6.45, 7) is 10.7. The minimum Gasteiger partial charge on any atom is -0.491 e. The molecule has 0 radical (unpaired) electrons. The number of rotatable bonds is 7. The van der Waals surface area contributed by atoms with Gasteiger partial charge in [-0.15, -0.1) is 0 Å². The number of benzene rings is 2. The van der Waals surface area contributed by atoms with Crippen molar-refractivity contribution in [2.75, 3.05) is 18.5 Å². The van der Waals surface area contributed by atoms with Gasteiger partial charge in [0, 0.05) is 5.69 Å². The van der Waals surface area contributed by atoms with Gasteiger partial charge < -0.3 is 20.1 Å². The molecule has 0 heterocycles. The lowest BCUT2D eigenvalue weighted by molar-refractivity contribution is 0.0526. The fraction of sp³-hybridized carbons (Fsp3) is 0.364. The molecule has 0 aliphatic heterocycles. The lowest BCUT2D eigenvalue weighted by Gasteiger charge is -2.19. The Morgan fingerprint density at radius 2 is 1.79 bits per heavy atom. The predicted molar refractivity (Wildman–Crippen MR) is 117 cm³/mol. The minimum absolute atomic E-state index is 0.00940. The molecular weight excluding hydrogens is 372 g/mol. The van der Waals surface area contributed by atoms with Gasteiger partial charge >= 0.3 is 5.97 Å². The Bertz CT molecular complexity index is 852. The zero-order chi connectivity index (χ0) is 20.7. The molecule has 0 unspecified atom stereocenters. The highest BCUT2D eigenvalue weighted by Gasteiger charge is 2.11. The Balaban J connectivity index is 1.91. The second-order valence-electron chi connectivity index (χ2n) is 6.81. The summed E-state index contributed by atoms with van der Waals surface area (Å²) in [7, 11) is 0. The zero-order valence-electron chi connectivity index (χ0n) is 17.1. The van der Waals surface area contributed by atoms with E-state index < -0.39 is 0 Å². The molecule has 0 amide bonds. The molecule has 1 atom stereocenters. The molecule has 0 spiro atoms. The van der Waals surface area contributed by atoms with Crippen molar-refractivity contribution in [2.45, 2.75) is 40.7 Å². The molecule has 2 aromatic carbocycles. The summed E-state index contributed by atoms with van der Waals surface area (Å²) < 4.78 is 10.9. The van der Waals surface area contributed by atoms with Crippen LogP contribution in [0.25, 0.3) is 0 Å². The van der Waals surface area contributed by atoms with Crippen molar-refractivity contribution in [2.24, 2.45) is 0 Å². The summed E-state index contributed by atoms with van der Waals surface area (Å²) in [5.74, 6) is 0.494. The number of carbonyl (C=O) groups excluding carboxylic acids is 1. The van der Waals surface area contributed by atoms with Crippen LogP contribution in [0.5, 0.6) is 5.75 Å². The van der Waals surface area contributed by atoms with Crippen molar-refractivity contribution >= 4 is 29.0 Å². The average Bonchev–Trinajstić information content (AvgIpc) is 2.64. The fourth-order valence-electron chi connectivity index (χ4n) is 2.55. The third kappa shape index (κ3) is 6.23. The Labute approximate surface area is 172 Å². The van der Waals surface area contributed by atoms with E-state index in [4.69, 9.17) is 21.7 Å². The molecule has 6 heteroatoms. The highest BCUT2D eigenvalue weighted by molar-refractivity contribution is 7.80. The van der Waals surface area contributed by atoms with Crippen LogP contribution in [0.15, 0.2) is 36.4 Å². The van der Waals surface area contributed by atoms with Gasteiger partial charge in [0.05, 0.1) is 18.2 Å². The first-order valence-corrected chi connectivity index (χ1v) is 9.76. The number of nitrogens with one attached hydrogen (secondary N) is 2. The van der Waals surface area contributed by atoms with Crippen LogP contribution in [-0.4, -0.2) is 30.3 Å². The van der Waals surface area contributed by atoms with E-state index in [1.54, 1.807) is 19.1 Å². The number of ether oxygens (including phenoxy) is 2. The first kappa shape index (κ1) is 21.7. The summed E-state index contributed by atoms with van der Waals surface area (Å²) in [5, 5.41) is 6.83. The van der Waals surface area contributed by atoms with Crippen LogP contribution in [0.1, 0.15) is 40.9 Å². The molecule has 0 bridgehead atoms. The molecule has 0 aliphatic rings. The molecule has 2 N–H and O–H groups in total. The van der Waals surface area contributed by atoms with Gasteiger partial charge in [0.2, 0.25) is 0 Å². The zero-order valence-corrected chi connectivity index (χ0v) is 17.9. The minimum atomic E-state index is -0.348. The maximum atomic E-state index is 11.9. The number of hydrogen-bond donors (Lipinski definition) is 2. The predicted octanol–water partition coefficient (Wildman–Crippen LogP) is 4.54. The summed E-state index contributed by atoms with van der Waals surface area (Å²) in [5.41, 5.74) is 4.68. The maximum Gasteiger partial charge on any atom is 0.338 e. The number of aryl methyl sites for hydroxylation is 3. The van der Waals surface area contributed by atoms with Crippen molar-refractivity contribution in [1.82, 2.24) is 5.32 Å². The van der Waals surface area contributed by atoms with Crippen molar-refractivity contribution in [3.63, 3.8) is 0 Å². The molecule has 150 valence electrons. The Hall–Kier alpha value is -2.60. The number of thiocarbonyl (C=S) groups is 1. The smallest absolute Gasteiger partial charge is 0.338 e. The van der Waals surface area contributed by atoms with Crippen LogP contribution >= 0.6 is 12.2 Å². The van der Waals surface area contributed by atoms with E-state index >= 15 is 0 Å². The number of carbonyl (C=O) groups is 1. The second-order valence-corrected chi connectivity index (χ2v) is 7.21. The first-order valence-electron chi connectivity index (χ1n) is 9.35. The van der Waals surface area contributed by atoms with Crippen LogP contribution < -0.4 is 15.4 Å². The van der Waals surface area contributed by atoms with Gasteiger partial charge in [-0.1, -0.05) is 12.1 Å². The third-order valence-electron chi connectivity index (χ3n) is 4.35. The number of anilines is 1. The first-order chi connectivity index (χ1) is 13.3. The molecule has 0 saturated heterocycles. The normalized spacial score (nSPS) is 11.5. The number of hydrogen-bond acceptors (Lipinski definition) is 4. The standard InChI is InChI=1S/C22H28N2O3S/c1-6-26-21(25)18-9-7-15(3)20(12-18)24-22(28)23-17(5)13-27-19-10-8-14(2)16(4)11-19/h7-12,17H,6,13H2,1-5H3,(H2,23,24,28)/t17-/m1/s1. The van der Waals surface area contributed by atoms with Crippen molar-refractivity contribution < 1.29 is 14.3 Å². The molecule has 0 fully saturated rings. The highest BCUT2D eigenvalue weighted by atomic mass is 32.1. The summed E-state index contributed by atoms with van der Waals surface area (Å²) in [4.78, 5) is 11.9. The van der Waals surface area contributed by atoms with E-state index in [0.29, 0.717) is 23.9 Å². The maximum absolute atomic E-state index is 11.9. The highest BCUT2D eigenvalue weighted by Crippen LogP contribution is 2.18. The monoisotopic (exact) mass is 400 g/mol. The van der Waals surface area contributed by atoms with E-state index in [1.165, 1.54) is 11.1 Å². The Kier molecular flexibility index (Phi) is 7.81. The van der Waals surface area contributed by atoms with Crippen LogP contribution in [0.3, 0.4) is 0 Å². The largest absolute Gasteiger partial charge is 0.491 e. The van der Waals surface area contributed by atoms with Gasteiger partial charge in [0.15, 0.2) is 5.11 Å². The van der Waals surface area contributed by atoms with Gasteiger partial charge in [-0.05, 0) is 87.8 Å². The third-order valence-corrected chi connectivity index (χ3v) is 4.57. The van der Waals surface area contributed by atoms with E-state index in [9.17, 15) is 4.79 Å². The van der Waals surface area contributed by atoms with Gasteiger partial charge in [-0.25, -0.2) is 4.79 Å². The van der Waals surface area contributed by atoms with E-state index in [-0.39, 0.29) is 12.0 Å². The molecule has 28 heavy (non-hydrogen) atoms. The summed E-state index contributed by atoms with van der Waals surface area (Å²) in [6.07, 6.45) is 0. The van der Waals surface area contributed by atoms with E-state index in [0.717, 1.165) is 17.0 Å². The van der Waals surface area contributed by atoms with E-state index in [2.05, 4.69) is 24.5 Å². The van der Waals surface area contributed by atoms with Crippen molar-refractivity contribution in [3.05, 3.63) is 58.7 Å². The molecule has 0 saturated carbocycles. The van der Waals surface area contributed by atoms with Crippen LogP contribution in [0.2, 0.25) is 0 Å². The van der Waals surface area contributed by atoms with Crippen LogP contribution in [0.4, 0.5) is 5.69 Å². The SMILES string of the molecule is CCOC(=O)c1ccc(C)c(NC(=S)N[C@H](C)COc2ccc(C)c(C)c2)c1. The fourth-order valence-corrected chi connectivity index (χ4v) is 2.86. The van der Waals surface area contributed by atoms with Gasteiger partial charge in [0.25, 0.3) is 0 Å². The quantitative estimate of drug-likeness (QED) is 0.526. The van der Waals surface area contributed by atoms with Crippen molar-refractivity contribution in [3.8, 4) is 5.75 Å². The van der Waals surface area contributed by atoms with Crippen LogP contribution in [-0.2, 0) is 4.74 Å². The molecular formula is C22H28N2O3S. The number of esters is 1. The van der Waals surface area contributed by atoms with Crippen LogP contribution in [0, 0.1) is 20.8 Å². The van der Waals surface area contributed by atoms with Gasteiger partial charge in [-0.2, -0.15) is 0 Å². The molecule has 2 rings (SSSR count). The molecule has 0 aromatic heterocycles. The lowest BCUT2D eigenvalue weighted by atomic mass is 10.1. The lowest BCUT2D eigenvalue weighted by Crippen LogP contribution is -2.39. The average molecular weight is 401 g/mol. The van der Waals surface area contributed by atoms with Crippen molar-refractivity contribution in [1.29, 1.82) is 0 Å². The summed E-state index contributed by atoms with van der Waals surface area (Å²) >= 11 is 5.41. The second kappa shape index (κ2) is 10.1. The van der Waals surface area contributed by atoms with Gasteiger partial charge in [-0.3, -0.25) is 0 Å². The Morgan fingerprint density at radius 3 is 2.46 bits per heavy atom. The van der Waals surface area contributed by atoms with E-state index in [1.807, 2.05) is 38.1 Å². The topological polar surface area (TPSA) is 59.6 Å². The molecule has 5 nitrogen and oxygen atoms in total. The molecule has 2 aromatic rings. The summed E-state index contributed by atoms with van der Waals surface area (Å²) in [6, 6.07) is 11.4. The van der Waals surface area contributed by atoms with Gasteiger partial charge in [0.1, 0.15) is 12.4 Å². The Morgan fingerprint density at radius 1 is 1.07 bits per heavy atom. The molecule has 0 aliphatic carbocycles.